The molecule has 20 heavy (non-hydrogen) atoms. The molecule has 0 radical (unpaired) electrons. The first-order chi connectivity index (χ1) is 9.21. The lowest BCUT2D eigenvalue weighted by Crippen LogP contribution is -2.36. The molecule has 0 saturated carbocycles. The predicted molar refractivity (Wildman–Crippen MR) is 69.2 cm³/mol. The zero-order valence-corrected chi connectivity index (χ0v) is 12.2. The van der Waals surface area contributed by atoms with E-state index in [1.165, 1.54) is 0 Å². The van der Waals surface area contributed by atoms with Crippen LogP contribution in [-0.4, -0.2) is 40.3 Å². The van der Waals surface area contributed by atoms with Crippen LogP contribution in [0.1, 0.15) is 27.2 Å². The van der Waals surface area contributed by atoms with Crippen LogP contribution >= 0.6 is 11.6 Å². The molecule has 0 aliphatic heterocycles. The van der Waals surface area contributed by atoms with Gasteiger partial charge in [-0.05, 0) is 31.9 Å². The van der Waals surface area contributed by atoms with Gasteiger partial charge in [-0.15, -0.1) is 0 Å². The quantitative estimate of drug-likeness (QED) is 0.808. The minimum Gasteiger partial charge on any atom is -0.461 e. The van der Waals surface area contributed by atoms with Crippen LogP contribution in [0.2, 0.25) is 5.28 Å². The van der Waals surface area contributed by atoms with E-state index in [0.29, 0.717) is 6.42 Å². The standard InChI is InChI=1S/C11H16ClF3N4O/c1-4-5-19(6-11(13,14)15)9-16-8(12)17-10(18-9)20-7(2)3/h7H,4-6H2,1-3H3. The summed E-state index contributed by atoms with van der Waals surface area (Å²) in [6.07, 6.45) is -4.06. The van der Waals surface area contributed by atoms with Crippen LogP contribution in [0, 0.1) is 0 Å². The molecule has 5 nitrogen and oxygen atoms in total. The van der Waals surface area contributed by atoms with Crippen molar-refractivity contribution in [1.29, 1.82) is 0 Å². The van der Waals surface area contributed by atoms with Crippen molar-refractivity contribution in [2.24, 2.45) is 0 Å². The number of ether oxygens (including phenoxy) is 1. The maximum atomic E-state index is 12.5. The zero-order chi connectivity index (χ0) is 15.3. The first-order valence-electron chi connectivity index (χ1n) is 6.11. The third-order valence-corrected chi connectivity index (χ3v) is 2.23. The van der Waals surface area contributed by atoms with Crippen molar-refractivity contribution in [2.75, 3.05) is 18.0 Å². The number of aromatic nitrogens is 3. The minimum atomic E-state index is -4.35. The van der Waals surface area contributed by atoms with E-state index < -0.39 is 12.7 Å². The van der Waals surface area contributed by atoms with E-state index in [2.05, 4.69) is 15.0 Å². The Balaban J connectivity index is 3.03. The van der Waals surface area contributed by atoms with Crippen LogP contribution in [0.3, 0.4) is 0 Å². The molecule has 1 aromatic rings. The lowest BCUT2D eigenvalue weighted by molar-refractivity contribution is -0.119. The topological polar surface area (TPSA) is 51.1 Å². The summed E-state index contributed by atoms with van der Waals surface area (Å²) in [5.41, 5.74) is 0. The van der Waals surface area contributed by atoms with Crippen molar-refractivity contribution in [1.82, 2.24) is 15.0 Å². The Morgan fingerprint density at radius 2 is 1.90 bits per heavy atom. The maximum absolute atomic E-state index is 12.5. The van der Waals surface area contributed by atoms with E-state index in [-0.39, 0.29) is 29.9 Å². The number of rotatable bonds is 6. The van der Waals surface area contributed by atoms with Crippen LogP contribution in [0.4, 0.5) is 19.1 Å². The molecule has 114 valence electrons. The van der Waals surface area contributed by atoms with Gasteiger partial charge in [-0.3, -0.25) is 0 Å². The van der Waals surface area contributed by atoms with Gasteiger partial charge in [0.25, 0.3) is 0 Å². The average molecular weight is 313 g/mol. The highest BCUT2D eigenvalue weighted by Crippen LogP contribution is 2.22. The third kappa shape index (κ3) is 5.77. The van der Waals surface area contributed by atoms with E-state index in [9.17, 15) is 13.2 Å². The Morgan fingerprint density at radius 3 is 2.40 bits per heavy atom. The second-order valence-electron chi connectivity index (χ2n) is 4.39. The molecule has 0 aromatic carbocycles. The lowest BCUT2D eigenvalue weighted by Gasteiger charge is -2.23. The highest BCUT2D eigenvalue weighted by atomic mass is 35.5. The van der Waals surface area contributed by atoms with E-state index in [1.54, 1.807) is 20.8 Å². The van der Waals surface area contributed by atoms with E-state index in [1.807, 2.05) is 0 Å². The van der Waals surface area contributed by atoms with Crippen molar-refractivity contribution in [3.63, 3.8) is 0 Å². The summed E-state index contributed by atoms with van der Waals surface area (Å²) in [6, 6.07) is -0.0849. The molecule has 0 aliphatic rings. The largest absolute Gasteiger partial charge is 0.461 e. The van der Waals surface area contributed by atoms with Crippen LogP contribution in [-0.2, 0) is 0 Å². The van der Waals surface area contributed by atoms with Gasteiger partial charge >= 0.3 is 12.2 Å². The van der Waals surface area contributed by atoms with E-state index >= 15 is 0 Å². The highest BCUT2D eigenvalue weighted by Gasteiger charge is 2.32. The van der Waals surface area contributed by atoms with Crippen molar-refractivity contribution < 1.29 is 17.9 Å². The molecule has 0 saturated heterocycles. The highest BCUT2D eigenvalue weighted by molar-refractivity contribution is 6.28. The van der Waals surface area contributed by atoms with Gasteiger partial charge in [0.1, 0.15) is 6.54 Å². The van der Waals surface area contributed by atoms with Crippen molar-refractivity contribution in [3.05, 3.63) is 5.28 Å². The Bertz CT molecular complexity index is 442. The fraction of sp³-hybridized carbons (Fsp3) is 0.727. The Morgan fingerprint density at radius 1 is 1.25 bits per heavy atom. The van der Waals surface area contributed by atoms with Gasteiger partial charge in [0.05, 0.1) is 6.10 Å². The molecule has 1 rings (SSSR count). The van der Waals surface area contributed by atoms with Crippen LogP contribution in [0.5, 0.6) is 6.01 Å². The first kappa shape index (κ1) is 16.7. The molecule has 0 spiro atoms. The Kier molecular flexibility index (Phi) is 5.79. The molecule has 0 fully saturated rings. The molecule has 1 aromatic heterocycles. The number of anilines is 1. The predicted octanol–water partition coefficient (Wildman–Crippen LogP) is 3.09. The van der Waals surface area contributed by atoms with Gasteiger partial charge < -0.3 is 9.64 Å². The summed E-state index contributed by atoms with van der Waals surface area (Å²) in [5, 5.41) is -0.200. The van der Waals surface area contributed by atoms with Gasteiger partial charge in [0, 0.05) is 6.54 Å². The molecule has 0 unspecified atom stereocenters. The van der Waals surface area contributed by atoms with Gasteiger partial charge in [-0.25, -0.2) is 0 Å². The van der Waals surface area contributed by atoms with Crippen LogP contribution in [0.15, 0.2) is 0 Å². The summed E-state index contributed by atoms with van der Waals surface area (Å²) < 4.78 is 42.9. The summed E-state index contributed by atoms with van der Waals surface area (Å²) in [7, 11) is 0. The molecule has 0 N–H and O–H groups in total. The Labute approximate surface area is 120 Å². The fourth-order valence-electron chi connectivity index (χ4n) is 1.46. The normalized spacial score (nSPS) is 11.8. The summed E-state index contributed by atoms with van der Waals surface area (Å²) in [6.45, 7) is 4.26. The molecule has 9 heteroatoms. The fourth-order valence-corrected chi connectivity index (χ4v) is 1.61. The van der Waals surface area contributed by atoms with Gasteiger partial charge in [0.15, 0.2) is 0 Å². The molecule has 0 atom stereocenters. The smallest absolute Gasteiger partial charge is 0.406 e. The first-order valence-corrected chi connectivity index (χ1v) is 6.49. The number of halogens is 4. The summed E-state index contributed by atoms with van der Waals surface area (Å²) >= 11 is 5.70. The number of nitrogens with zero attached hydrogens (tertiary/aromatic N) is 4. The lowest BCUT2D eigenvalue weighted by atomic mass is 10.4. The molecular weight excluding hydrogens is 297 g/mol. The van der Waals surface area contributed by atoms with Crippen LogP contribution < -0.4 is 9.64 Å². The summed E-state index contributed by atoms with van der Waals surface area (Å²) in [5.74, 6) is -0.139. The van der Waals surface area contributed by atoms with Gasteiger partial charge in [-0.1, -0.05) is 6.92 Å². The van der Waals surface area contributed by atoms with Crippen molar-refractivity contribution in [2.45, 2.75) is 39.5 Å². The van der Waals surface area contributed by atoms with Gasteiger partial charge in [0.2, 0.25) is 11.2 Å². The second kappa shape index (κ2) is 6.92. The van der Waals surface area contributed by atoms with Crippen molar-refractivity contribution in [3.8, 4) is 6.01 Å². The second-order valence-corrected chi connectivity index (χ2v) is 4.73. The zero-order valence-electron chi connectivity index (χ0n) is 11.4. The molecule has 0 bridgehead atoms. The molecule has 0 aliphatic carbocycles. The molecule has 1 heterocycles. The van der Waals surface area contributed by atoms with Crippen LogP contribution in [0.25, 0.3) is 0 Å². The van der Waals surface area contributed by atoms with Crippen molar-refractivity contribution >= 4 is 17.5 Å². The SMILES string of the molecule is CCCN(CC(F)(F)F)c1nc(Cl)nc(OC(C)C)n1. The van der Waals surface area contributed by atoms with E-state index in [0.717, 1.165) is 4.90 Å². The third-order valence-electron chi connectivity index (χ3n) is 2.06. The molecular formula is C11H16ClF3N4O. The minimum absolute atomic E-state index is 0.0849. The number of hydrogen-bond donors (Lipinski definition) is 0. The monoisotopic (exact) mass is 312 g/mol. The van der Waals surface area contributed by atoms with E-state index in [4.69, 9.17) is 16.3 Å². The molecule has 0 amide bonds. The average Bonchev–Trinajstić information content (AvgIpc) is 2.24. The number of hydrogen-bond acceptors (Lipinski definition) is 5. The summed E-state index contributed by atoms with van der Waals surface area (Å²) in [4.78, 5) is 12.3. The maximum Gasteiger partial charge on any atom is 0.406 e. The number of alkyl halides is 3. The van der Waals surface area contributed by atoms with Gasteiger partial charge in [-0.2, -0.15) is 28.1 Å². The Hall–Kier alpha value is -1.31.